The molecule has 41 heavy (non-hydrogen) atoms. The Kier molecular flexibility index (Phi) is 9.01. The third-order valence-corrected chi connectivity index (χ3v) is 7.70. The number of hydrogen-bond acceptors (Lipinski definition) is 2. The normalized spacial score (nSPS) is 12.8. The summed E-state index contributed by atoms with van der Waals surface area (Å²) in [7, 11) is 0. The molecule has 0 aliphatic heterocycles. The number of nitrogens with zero attached hydrogens (tertiary/aromatic N) is 1. The van der Waals surface area contributed by atoms with Crippen molar-refractivity contribution in [2.75, 3.05) is 19.7 Å². The van der Waals surface area contributed by atoms with Crippen molar-refractivity contribution < 1.29 is 17.9 Å². The third-order valence-electron chi connectivity index (χ3n) is 7.25. The Balaban J connectivity index is 1.40. The van der Waals surface area contributed by atoms with E-state index in [4.69, 9.17) is 16.3 Å². The number of halogens is 4. The predicted molar refractivity (Wildman–Crippen MR) is 159 cm³/mol. The number of fused-ring (bicyclic) bond motifs is 1. The minimum atomic E-state index is -4.52. The summed E-state index contributed by atoms with van der Waals surface area (Å²) in [5, 5.41) is 0.828. The first-order valence-corrected chi connectivity index (χ1v) is 14.0. The monoisotopic (exact) mass is 576 g/mol. The average molecular weight is 577 g/mol. The van der Waals surface area contributed by atoms with E-state index >= 15 is 0 Å². The van der Waals surface area contributed by atoms with Crippen LogP contribution < -0.4 is 4.74 Å². The number of H-pyrrole nitrogens is 1. The van der Waals surface area contributed by atoms with Gasteiger partial charge in [0.2, 0.25) is 0 Å². The van der Waals surface area contributed by atoms with Gasteiger partial charge in [-0.15, -0.1) is 0 Å². The third kappa shape index (κ3) is 7.32. The minimum Gasteiger partial charge on any atom is -0.493 e. The van der Waals surface area contributed by atoms with Crippen LogP contribution in [0.2, 0.25) is 5.02 Å². The second-order valence-electron chi connectivity index (χ2n) is 10.5. The fourth-order valence-electron chi connectivity index (χ4n) is 5.25. The zero-order valence-corrected chi connectivity index (χ0v) is 23.5. The molecule has 0 aliphatic carbocycles. The van der Waals surface area contributed by atoms with Crippen LogP contribution in [0.4, 0.5) is 13.2 Å². The van der Waals surface area contributed by atoms with Gasteiger partial charge in [0, 0.05) is 48.6 Å². The lowest BCUT2D eigenvalue weighted by Crippen LogP contribution is -2.34. The Hall–Kier alpha value is -3.74. The van der Waals surface area contributed by atoms with Crippen molar-refractivity contribution in [2.24, 2.45) is 5.92 Å². The highest BCUT2D eigenvalue weighted by Gasteiger charge is 2.34. The molecule has 7 heteroatoms. The number of alkyl halides is 3. The van der Waals surface area contributed by atoms with E-state index in [2.05, 4.69) is 41.1 Å². The molecule has 0 amide bonds. The Morgan fingerprint density at radius 2 is 1.51 bits per heavy atom. The maximum atomic E-state index is 13.7. The first-order valence-electron chi connectivity index (χ1n) is 13.6. The summed E-state index contributed by atoms with van der Waals surface area (Å²) >= 11 is 6.35. The fraction of sp³-hybridized carbons (Fsp3) is 0.235. The number of nitrogens with one attached hydrogen (secondary N) is 1. The number of aromatic nitrogens is 1. The smallest absolute Gasteiger partial charge is 0.417 e. The molecule has 5 aromatic rings. The predicted octanol–water partition coefficient (Wildman–Crippen LogP) is 9.19. The highest BCUT2D eigenvalue weighted by molar-refractivity contribution is 6.32. The molecule has 1 heterocycles. The van der Waals surface area contributed by atoms with Crippen LogP contribution >= 0.6 is 11.6 Å². The van der Waals surface area contributed by atoms with Crippen LogP contribution in [-0.2, 0) is 12.7 Å². The van der Waals surface area contributed by atoms with Crippen molar-refractivity contribution in [3.05, 3.63) is 137 Å². The van der Waals surface area contributed by atoms with Crippen molar-refractivity contribution >= 4 is 22.5 Å². The largest absolute Gasteiger partial charge is 0.493 e. The Morgan fingerprint density at radius 1 is 0.829 bits per heavy atom. The van der Waals surface area contributed by atoms with Gasteiger partial charge >= 0.3 is 6.18 Å². The van der Waals surface area contributed by atoms with Gasteiger partial charge in [-0.25, -0.2) is 0 Å². The summed E-state index contributed by atoms with van der Waals surface area (Å²) in [4.78, 5) is 5.37. The zero-order chi connectivity index (χ0) is 28.8. The van der Waals surface area contributed by atoms with E-state index < -0.39 is 11.7 Å². The van der Waals surface area contributed by atoms with Crippen molar-refractivity contribution in [2.45, 2.75) is 25.6 Å². The zero-order valence-electron chi connectivity index (χ0n) is 22.7. The summed E-state index contributed by atoms with van der Waals surface area (Å²) in [5.74, 6) is 0.891. The van der Waals surface area contributed by atoms with Gasteiger partial charge in [0.1, 0.15) is 5.75 Å². The standard InChI is InChI=1S/C34H32ClF3N2O/c1-24(23-41-29-15-16-32-27(19-29)17-18-39-32)20-40(21-28-13-8-14-31(33(28)35)34(36,37)38)22-30(25-9-4-2-5-10-25)26-11-6-3-7-12-26/h2-19,24,30,39H,20-23H2,1H3. The molecule has 0 aliphatic rings. The molecule has 4 aromatic carbocycles. The molecule has 0 spiro atoms. The summed E-state index contributed by atoms with van der Waals surface area (Å²) in [5.41, 5.74) is 2.97. The molecule has 212 valence electrons. The van der Waals surface area contributed by atoms with E-state index in [1.807, 2.05) is 66.9 Å². The van der Waals surface area contributed by atoms with Crippen molar-refractivity contribution in [1.29, 1.82) is 0 Å². The molecule has 0 saturated carbocycles. The first-order chi connectivity index (χ1) is 19.8. The van der Waals surface area contributed by atoms with E-state index in [0.717, 1.165) is 33.8 Å². The van der Waals surface area contributed by atoms with Gasteiger partial charge in [-0.1, -0.05) is 91.3 Å². The molecule has 0 saturated heterocycles. The van der Waals surface area contributed by atoms with Crippen LogP contribution in [0.5, 0.6) is 5.75 Å². The van der Waals surface area contributed by atoms with E-state index in [-0.39, 0.29) is 23.4 Å². The topological polar surface area (TPSA) is 28.3 Å². The Morgan fingerprint density at radius 3 is 2.17 bits per heavy atom. The molecule has 1 unspecified atom stereocenters. The van der Waals surface area contributed by atoms with Gasteiger partial charge in [-0.05, 0) is 47.0 Å². The summed E-state index contributed by atoms with van der Waals surface area (Å²) in [6, 6.07) is 32.4. The van der Waals surface area contributed by atoms with Crippen LogP contribution in [0.15, 0.2) is 109 Å². The second-order valence-corrected chi connectivity index (χ2v) is 10.9. The lowest BCUT2D eigenvalue weighted by atomic mass is 9.90. The van der Waals surface area contributed by atoms with E-state index in [0.29, 0.717) is 25.3 Å². The molecule has 0 bridgehead atoms. The molecule has 1 atom stereocenters. The minimum absolute atomic E-state index is 0.0195. The number of hydrogen-bond donors (Lipinski definition) is 1. The van der Waals surface area contributed by atoms with Crippen molar-refractivity contribution in [1.82, 2.24) is 9.88 Å². The van der Waals surface area contributed by atoms with Crippen molar-refractivity contribution in [3.63, 3.8) is 0 Å². The van der Waals surface area contributed by atoms with Crippen LogP contribution in [0, 0.1) is 5.92 Å². The first kappa shape index (κ1) is 28.8. The average Bonchev–Trinajstić information content (AvgIpc) is 3.44. The lowest BCUT2D eigenvalue weighted by Gasteiger charge is -2.31. The molecular weight excluding hydrogens is 545 g/mol. The maximum Gasteiger partial charge on any atom is 0.417 e. The second kappa shape index (κ2) is 12.8. The Labute approximate surface area is 243 Å². The molecule has 3 nitrogen and oxygen atoms in total. The number of rotatable bonds is 11. The quantitative estimate of drug-likeness (QED) is 0.170. The molecular formula is C34H32ClF3N2O. The molecule has 1 N–H and O–H groups in total. The molecule has 5 rings (SSSR count). The van der Waals surface area contributed by atoms with E-state index in [1.54, 1.807) is 6.07 Å². The van der Waals surface area contributed by atoms with E-state index in [9.17, 15) is 13.2 Å². The number of ether oxygens (including phenoxy) is 1. The van der Waals surface area contributed by atoms with Crippen molar-refractivity contribution in [3.8, 4) is 5.75 Å². The Bertz CT molecular complexity index is 1510. The fourth-order valence-corrected chi connectivity index (χ4v) is 5.54. The SMILES string of the molecule is CC(COc1ccc2[nH]ccc2c1)CN(Cc1cccc(C(F)(F)F)c1Cl)CC(c1ccccc1)c1ccccc1. The molecule has 0 fully saturated rings. The summed E-state index contributed by atoms with van der Waals surface area (Å²) in [6.07, 6.45) is -2.63. The van der Waals surface area contributed by atoms with E-state index in [1.165, 1.54) is 6.07 Å². The van der Waals surface area contributed by atoms with Crippen LogP contribution in [0.25, 0.3) is 10.9 Å². The summed E-state index contributed by atoms with van der Waals surface area (Å²) in [6.45, 7) is 4.04. The summed E-state index contributed by atoms with van der Waals surface area (Å²) < 4.78 is 47.1. The van der Waals surface area contributed by atoms with Gasteiger partial charge in [0.05, 0.1) is 17.2 Å². The highest BCUT2D eigenvalue weighted by atomic mass is 35.5. The van der Waals surface area contributed by atoms with Gasteiger partial charge < -0.3 is 9.72 Å². The number of aromatic amines is 1. The maximum absolute atomic E-state index is 13.7. The molecule has 0 radical (unpaired) electrons. The van der Waals surface area contributed by atoms with Crippen LogP contribution in [0.3, 0.4) is 0 Å². The van der Waals surface area contributed by atoms with Gasteiger partial charge in [0.25, 0.3) is 0 Å². The van der Waals surface area contributed by atoms with Gasteiger partial charge in [-0.3, -0.25) is 4.90 Å². The van der Waals surface area contributed by atoms with Crippen LogP contribution in [-0.4, -0.2) is 29.6 Å². The molecule has 1 aromatic heterocycles. The number of benzene rings is 4. The van der Waals surface area contributed by atoms with Gasteiger partial charge in [-0.2, -0.15) is 13.2 Å². The lowest BCUT2D eigenvalue weighted by molar-refractivity contribution is -0.137. The highest BCUT2D eigenvalue weighted by Crippen LogP contribution is 2.37. The van der Waals surface area contributed by atoms with Crippen LogP contribution in [0.1, 0.15) is 35.1 Å². The van der Waals surface area contributed by atoms with Gasteiger partial charge in [0.15, 0.2) is 0 Å².